The van der Waals surface area contributed by atoms with Gasteiger partial charge in [0.1, 0.15) is 0 Å². The van der Waals surface area contributed by atoms with E-state index in [0.717, 1.165) is 67.1 Å². The topological polar surface area (TPSA) is 43.6 Å². The number of pyridine rings is 3. The molecule has 56 heavy (non-hydrogen) atoms. The lowest BCUT2D eigenvalue weighted by Crippen LogP contribution is -1.94. The molecule has 0 spiro atoms. The lowest BCUT2D eigenvalue weighted by Gasteiger charge is -2.11. The highest BCUT2D eigenvalue weighted by atomic mass is 32.1. The molecule has 5 heteroatoms. The van der Waals surface area contributed by atoms with Crippen molar-refractivity contribution in [1.82, 2.24) is 19.5 Å². The largest absolute Gasteiger partial charge is 0.309 e. The van der Waals surface area contributed by atoms with Crippen molar-refractivity contribution in [2.75, 3.05) is 0 Å². The van der Waals surface area contributed by atoms with Crippen molar-refractivity contribution in [3.8, 4) is 61.6 Å². The van der Waals surface area contributed by atoms with Gasteiger partial charge < -0.3 is 4.57 Å². The van der Waals surface area contributed by atoms with E-state index in [1.54, 1.807) is 0 Å². The number of hydrogen-bond acceptors (Lipinski definition) is 4. The minimum absolute atomic E-state index is 0.960. The van der Waals surface area contributed by atoms with Gasteiger partial charge in [-0.25, -0.2) is 0 Å². The molecule has 6 aromatic carbocycles. The van der Waals surface area contributed by atoms with Crippen LogP contribution in [0.2, 0.25) is 0 Å². The smallest absolute Gasteiger partial charge is 0.0708 e. The molecule has 11 aromatic rings. The van der Waals surface area contributed by atoms with E-state index >= 15 is 0 Å². The van der Waals surface area contributed by atoms with Crippen molar-refractivity contribution in [2.45, 2.75) is 0 Å². The van der Waals surface area contributed by atoms with E-state index in [-0.39, 0.29) is 0 Å². The molecule has 0 unspecified atom stereocenters. The number of benzene rings is 6. The van der Waals surface area contributed by atoms with E-state index in [9.17, 15) is 0 Å². The van der Waals surface area contributed by atoms with E-state index in [2.05, 4.69) is 149 Å². The lowest BCUT2D eigenvalue weighted by molar-refractivity contribution is 1.19. The molecule has 0 aliphatic heterocycles. The van der Waals surface area contributed by atoms with Gasteiger partial charge in [-0.2, -0.15) is 0 Å². The molecule has 0 atom stereocenters. The molecule has 0 N–H and O–H groups in total. The quantitative estimate of drug-likeness (QED) is 0.171. The monoisotopic (exact) mass is 732 g/mol. The first-order valence-corrected chi connectivity index (χ1v) is 19.6. The highest BCUT2D eigenvalue weighted by molar-refractivity contribution is 7.25. The van der Waals surface area contributed by atoms with Crippen molar-refractivity contribution < 1.29 is 0 Å². The Morgan fingerprint density at radius 2 is 0.911 bits per heavy atom. The van der Waals surface area contributed by atoms with E-state index in [1.165, 1.54) is 36.5 Å². The van der Waals surface area contributed by atoms with Crippen LogP contribution in [-0.2, 0) is 0 Å². The van der Waals surface area contributed by atoms with Crippen molar-refractivity contribution >= 4 is 53.3 Å². The Hall–Kier alpha value is -7.21. The van der Waals surface area contributed by atoms with Crippen LogP contribution >= 0.6 is 11.3 Å². The van der Waals surface area contributed by atoms with Crippen LogP contribution in [0.15, 0.2) is 195 Å². The number of nitrogens with zero attached hydrogens (tertiary/aromatic N) is 4. The third-order valence-electron chi connectivity index (χ3n) is 10.8. The second kappa shape index (κ2) is 13.3. The van der Waals surface area contributed by atoms with Crippen LogP contribution in [0.1, 0.15) is 0 Å². The Bertz CT molecular complexity index is 3100. The number of aromatic nitrogens is 4. The Balaban J connectivity index is 1.15. The van der Waals surface area contributed by atoms with Crippen molar-refractivity contribution in [1.29, 1.82) is 0 Å². The van der Waals surface area contributed by atoms with Gasteiger partial charge >= 0.3 is 0 Å². The molecule has 0 aliphatic carbocycles. The van der Waals surface area contributed by atoms with Gasteiger partial charge in [0, 0.05) is 78.1 Å². The zero-order valence-electron chi connectivity index (χ0n) is 30.2. The summed E-state index contributed by atoms with van der Waals surface area (Å²) in [5, 5.41) is 4.90. The van der Waals surface area contributed by atoms with E-state index in [0.29, 0.717) is 0 Å². The summed E-state index contributed by atoms with van der Waals surface area (Å²) < 4.78 is 4.98. The van der Waals surface area contributed by atoms with Crippen molar-refractivity contribution in [3.05, 3.63) is 195 Å². The predicted octanol–water partition coefficient (Wildman–Crippen LogP) is 13.7. The number of fused-ring (bicyclic) bond motifs is 6. The summed E-state index contributed by atoms with van der Waals surface area (Å²) in [5.41, 5.74) is 14.5. The molecule has 5 aromatic heterocycles. The summed E-state index contributed by atoms with van der Waals surface area (Å²) in [6, 6.07) is 61.0. The Kier molecular flexibility index (Phi) is 7.64. The standard InChI is InChI=1S/C51H32N4S/c1-3-13-40(46-15-5-7-26-53-46)38(11-1)34-17-21-48-42(29-34)43-30-35(39-12-2-4-14-41(39)47-16-6-8-27-54-47)18-22-49(43)55(48)37-20-24-51-45(31-37)44-28-33(19-23-50(44)56-51)36-10-9-25-52-32-36/h1-32H. The summed E-state index contributed by atoms with van der Waals surface area (Å²) in [5.74, 6) is 0. The van der Waals surface area contributed by atoms with Gasteiger partial charge in [0.25, 0.3) is 0 Å². The zero-order valence-corrected chi connectivity index (χ0v) is 31.0. The molecule has 5 heterocycles. The van der Waals surface area contributed by atoms with Gasteiger partial charge in [0.2, 0.25) is 0 Å². The molecule has 262 valence electrons. The Morgan fingerprint density at radius 1 is 0.375 bits per heavy atom. The maximum atomic E-state index is 4.72. The first kappa shape index (κ1) is 32.2. The molecular weight excluding hydrogens is 701 g/mol. The molecule has 0 radical (unpaired) electrons. The summed E-state index contributed by atoms with van der Waals surface area (Å²) in [6.07, 6.45) is 7.48. The Morgan fingerprint density at radius 3 is 1.48 bits per heavy atom. The lowest BCUT2D eigenvalue weighted by atomic mass is 9.94. The molecule has 0 fully saturated rings. The molecule has 0 saturated heterocycles. The average Bonchev–Trinajstić information content (AvgIpc) is 3.81. The van der Waals surface area contributed by atoms with Crippen LogP contribution in [0.5, 0.6) is 0 Å². The van der Waals surface area contributed by atoms with Crippen LogP contribution in [0.25, 0.3) is 104 Å². The van der Waals surface area contributed by atoms with Gasteiger partial charge in [-0.1, -0.05) is 84.9 Å². The highest BCUT2D eigenvalue weighted by Crippen LogP contribution is 2.42. The van der Waals surface area contributed by atoms with Gasteiger partial charge in [-0.05, 0) is 113 Å². The van der Waals surface area contributed by atoms with Crippen LogP contribution in [0.4, 0.5) is 0 Å². The minimum atomic E-state index is 0.960. The van der Waals surface area contributed by atoms with Gasteiger partial charge in [-0.3, -0.25) is 15.0 Å². The van der Waals surface area contributed by atoms with Crippen molar-refractivity contribution in [3.63, 3.8) is 0 Å². The maximum absolute atomic E-state index is 4.72. The van der Waals surface area contributed by atoms with Crippen LogP contribution < -0.4 is 0 Å². The number of rotatable bonds is 6. The van der Waals surface area contributed by atoms with E-state index in [1.807, 2.05) is 66.5 Å². The second-order valence-electron chi connectivity index (χ2n) is 14.1. The molecule has 4 nitrogen and oxygen atoms in total. The highest BCUT2D eigenvalue weighted by Gasteiger charge is 2.18. The molecule has 0 aliphatic rings. The molecule has 11 rings (SSSR count). The van der Waals surface area contributed by atoms with Crippen LogP contribution in [-0.4, -0.2) is 19.5 Å². The SMILES string of the molecule is c1ccc(-c2ccccc2-c2ccc3c(c2)c2cc(-c4ccccc4-c4ccccn4)ccc2n3-c2ccc3sc4ccc(-c5cccnc5)cc4c3c2)nc1. The van der Waals surface area contributed by atoms with Crippen LogP contribution in [0.3, 0.4) is 0 Å². The first-order valence-electron chi connectivity index (χ1n) is 18.7. The second-order valence-corrected chi connectivity index (χ2v) is 15.1. The maximum Gasteiger partial charge on any atom is 0.0708 e. The average molecular weight is 733 g/mol. The summed E-state index contributed by atoms with van der Waals surface area (Å²) >= 11 is 1.84. The predicted molar refractivity (Wildman–Crippen MR) is 234 cm³/mol. The van der Waals surface area contributed by atoms with Gasteiger partial charge in [0.05, 0.1) is 22.4 Å². The van der Waals surface area contributed by atoms with Gasteiger partial charge in [0.15, 0.2) is 0 Å². The van der Waals surface area contributed by atoms with Crippen molar-refractivity contribution in [2.24, 2.45) is 0 Å². The summed E-state index contributed by atoms with van der Waals surface area (Å²) in [4.78, 5) is 13.8. The Labute approximate surface area is 327 Å². The molecular formula is C51H32N4S. The molecule has 0 amide bonds. The molecule has 0 bridgehead atoms. The van der Waals surface area contributed by atoms with Crippen LogP contribution in [0, 0.1) is 0 Å². The minimum Gasteiger partial charge on any atom is -0.309 e. The fraction of sp³-hybridized carbons (Fsp3) is 0. The number of hydrogen-bond donors (Lipinski definition) is 0. The fourth-order valence-electron chi connectivity index (χ4n) is 8.21. The third-order valence-corrected chi connectivity index (χ3v) is 12.0. The first-order chi connectivity index (χ1) is 27.8. The summed E-state index contributed by atoms with van der Waals surface area (Å²) in [7, 11) is 0. The number of thiophene rings is 1. The van der Waals surface area contributed by atoms with E-state index < -0.39 is 0 Å². The normalized spacial score (nSPS) is 11.6. The van der Waals surface area contributed by atoms with Gasteiger partial charge in [-0.15, -0.1) is 11.3 Å². The zero-order chi connectivity index (χ0) is 37.0. The molecule has 0 saturated carbocycles. The third kappa shape index (κ3) is 5.40. The van der Waals surface area contributed by atoms with E-state index in [4.69, 9.17) is 9.97 Å². The summed E-state index contributed by atoms with van der Waals surface area (Å²) in [6.45, 7) is 0. The fourth-order valence-corrected chi connectivity index (χ4v) is 9.28.